The number of hydrogen-bond donors (Lipinski definition) is 3. The van der Waals surface area contributed by atoms with Crippen molar-refractivity contribution in [2.75, 3.05) is 5.32 Å². The third-order valence-corrected chi connectivity index (χ3v) is 3.22. The number of benzene rings is 2. The zero-order valence-electron chi connectivity index (χ0n) is 11.7. The summed E-state index contributed by atoms with van der Waals surface area (Å²) >= 11 is 0. The minimum absolute atomic E-state index is 0.121. The fourth-order valence-corrected chi connectivity index (χ4v) is 1.92. The molecule has 5 nitrogen and oxygen atoms in total. The van der Waals surface area contributed by atoms with Crippen LogP contribution >= 0.6 is 0 Å². The third-order valence-electron chi connectivity index (χ3n) is 3.22. The van der Waals surface area contributed by atoms with E-state index in [-0.39, 0.29) is 11.7 Å². The summed E-state index contributed by atoms with van der Waals surface area (Å²) < 4.78 is 0. The summed E-state index contributed by atoms with van der Waals surface area (Å²) in [6.07, 6.45) is 0. The molecule has 2 aromatic rings. The van der Waals surface area contributed by atoms with Crippen molar-refractivity contribution in [2.45, 2.75) is 6.92 Å². The summed E-state index contributed by atoms with van der Waals surface area (Å²) in [5.74, 6) is -1.16. The van der Waals surface area contributed by atoms with E-state index in [0.29, 0.717) is 5.69 Å². The van der Waals surface area contributed by atoms with E-state index in [1.807, 2.05) is 54.6 Å². The molecule has 1 unspecified atom stereocenters. The molecule has 2 rings (SSSR count). The normalized spacial score (nSPS) is 12.7. The predicted molar refractivity (Wildman–Crippen MR) is 83.1 cm³/mol. The molecule has 0 heterocycles. The molecule has 5 heteroatoms. The highest BCUT2D eigenvalue weighted by Gasteiger charge is 2.18. The van der Waals surface area contributed by atoms with Gasteiger partial charge in [0.1, 0.15) is 0 Å². The Morgan fingerprint density at radius 2 is 1.76 bits per heavy atom. The lowest BCUT2D eigenvalue weighted by Crippen LogP contribution is -2.32. The maximum absolute atomic E-state index is 12.1. The third kappa shape index (κ3) is 3.39. The number of para-hydroxylation sites is 1. The highest BCUT2D eigenvalue weighted by Crippen LogP contribution is 2.27. The number of carbonyl (C=O) groups is 1. The Hall–Kier alpha value is -2.82. The minimum Gasteiger partial charge on any atom is -0.409 e. The van der Waals surface area contributed by atoms with Crippen molar-refractivity contribution in [3.8, 4) is 11.1 Å². The summed E-state index contributed by atoms with van der Waals surface area (Å²) in [6.45, 7) is 1.58. The molecule has 2 aromatic carbocycles. The SMILES string of the molecule is CC(C(=O)Nc1ccccc1-c1ccccc1)C(N)=NO. The van der Waals surface area contributed by atoms with Crippen LogP contribution in [0.5, 0.6) is 0 Å². The molecule has 0 saturated heterocycles. The van der Waals surface area contributed by atoms with Gasteiger partial charge in [-0.15, -0.1) is 0 Å². The van der Waals surface area contributed by atoms with E-state index in [1.165, 1.54) is 0 Å². The van der Waals surface area contributed by atoms with Crippen molar-refractivity contribution in [2.24, 2.45) is 16.8 Å². The molecule has 4 N–H and O–H groups in total. The molecule has 21 heavy (non-hydrogen) atoms. The first-order chi connectivity index (χ1) is 10.1. The van der Waals surface area contributed by atoms with Crippen LogP contribution in [0.15, 0.2) is 59.8 Å². The standard InChI is InChI=1S/C16H17N3O2/c1-11(15(17)19-21)16(20)18-14-10-6-5-9-13(14)12-7-3-2-4-8-12/h2-11,21H,1H3,(H2,17,19)(H,18,20). The zero-order chi connectivity index (χ0) is 15.2. The quantitative estimate of drug-likeness (QED) is 0.349. The number of rotatable bonds is 4. The number of carbonyl (C=O) groups excluding carboxylic acids is 1. The topological polar surface area (TPSA) is 87.7 Å². The van der Waals surface area contributed by atoms with Crippen molar-refractivity contribution < 1.29 is 10.0 Å². The summed E-state index contributed by atoms with van der Waals surface area (Å²) in [5, 5.41) is 14.3. The maximum atomic E-state index is 12.1. The Balaban J connectivity index is 2.28. The number of hydrogen-bond acceptors (Lipinski definition) is 3. The van der Waals surface area contributed by atoms with Gasteiger partial charge < -0.3 is 16.3 Å². The summed E-state index contributed by atoms with van der Waals surface area (Å²) in [5.41, 5.74) is 8.07. The Labute approximate surface area is 123 Å². The monoisotopic (exact) mass is 283 g/mol. The zero-order valence-corrected chi connectivity index (χ0v) is 11.7. The van der Waals surface area contributed by atoms with Gasteiger partial charge in [0, 0.05) is 11.3 Å². The molecule has 0 bridgehead atoms. The number of amidine groups is 1. The van der Waals surface area contributed by atoms with Gasteiger partial charge in [0.15, 0.2) is 5.84 Å². The Morgan fingerprint density at radius 3 is 2.43 bits per heavy atom. The average Bonchev–Trinajstić information content (AvgIpc) is 2.54. The van der Waals surface area contributed by atoms with Crippen LogP contribution in [0.2, 0.25) is 0 Å². The Morgan fingerprint density at radius 1 is 1.14 bits per heavy atom. The van der Waals surface area contributed by atoms with Crippen molar-refractivity contribution in [3.63, 3.8) is 0 Å². The van der Waals surface area contributed by atoms with Crippen LogP contribution in [0.3, 0.4) is 0 Å². The molecule has 0 aliphatic heterocycles. The van der Waals surface area contributed by atoms with Crippen molar-refractivity contribution in [1.29, 1.82) is 0 Å². The highest BCUT2D eigenvalue weighted by atomic mass is 16.4. The van der Waals surface area contributed by atoms with Gasteiger partial charge in [-0.25, -0.2) is 0 Å². The number of nitrogens with zero attached hydrogens (tertiary/aromatic N) is 1. The fourth-order valence-electron chi connectivity index (χ4n) is 1.92. The molecule has 0 aromatic heterocycles. The second-order valence-electron chi connectivity index (χ2n) is 4.65. The number of anilines is 1. The van der Waals surface area contributed by atoms with Gasteiger partial charge >= 0.3 is 0 Å². The van der Waals surface area contributed by atoms with Crippen LogP contribution in [0.25, 0.3) is 11.1 Å². The van der Waals surface area contributed by atoms with Crippen LogP contribution in [0.1, 0.15) is 6.92 Å². The van der Waals surface area contributed by atoms with E-state index in [9.17, 15) is 4.79 Å². The average molecular weight is 283 g/mol. The van der Waals surface area contributed by atoms with Gasteiger partial charge in [-0.1, -0.05) is 53.7 Å². The van der Waals surface area contributed by atoms with Crippen LogP contribution < -0.4 is 11.1 Å². The highest BCUT2D eigenvalue weighted by molar-refractivity contribution is 6.08. The number of nitrogens with one attached hydrogen (secondary N) is 1. The second-order valence-corrected chi connectivity index (χ2v) is 4.65. The second kappa shape index (κ2) is 6.56. The summed E-state index contributed by atoms with van der Waals surface area (Å²) in [6, 6.07) is 17.3. The Bertz CT molecular complexity index is 654. The number of nitrogens with two attached hydrogens (primary N) is 1. The van der Waals surface area contributed by atoms with E-state index in [0.717, 1.165) is 11.1 Å². The lowest BCUT2D eigenvalue weighted by Gasteiger charge is -2.14. The first-order valence-electron chi connectivity index (χ1n) is 6.56. The van der Waals surface area contributed by atoms with Gasteiger partial charge in [-0.2, -0.15) is 0 Å². The van der Waals surface area contributed by atoms with Gasteiger partial charge in [0.05, 0.1) is 5.92 Å². The number of amides is 1. The van der Waals surface area contributed by atoms with Gasteiger partial charge in [-0.05, 0) is 18.6 Å². The van der Waals surface area contributed by atoms with E-state index in [2.05, 4.69) is 10.5 Å². The first kappa shape index (κ1) is 14.6. The van der Waals surface area contributed by atoms with Crippen LogP contribution in [0, 0.1) is 5.92 Å². The van der Waals surface area contributed by atoms with Crippen LogP contribution in [0.4, 0.5) is 5.69 Å². The molecule has 1 amide bonds. The summed E-state index contributed by atoms with van der Waals surface area (Å²) in [4.78, 5) is 12.1. The smallest absolute Gasteiger partial charge is 0.234 e. The van der Waals surface area contributed by atoms with E-state index in [4.69, 9.17) is 10.9 Å². The van der Waals surface area contributed by atoms with Gasteiger partial charge in [0.25, 0.3) is 0 Å². The first-order valence-corrected chi connectivity index (χ1v) is 6.56. The van der Waals surface area contributed by atoms with Crippen molar-refractivity contribution in [3.05, 3.63) is 54.6 Å². The van der Waals surface area contributed by atoms with Gasteiger partial charge in [-0.3, -0.25) is 4.79 Å². The van der Waals surface area contributed by atoms with Crippen LogP contribution in [-0.4, -0.2) is 17.0 Å². The molecule has 0 fully saturated rings. The lowest BCUT2D eigenvalue weighted by molar-refractivity contribution is -0.117. The largest absolute Gasteiger partial charge is 0.409 e. The van der Waals surface area contributed by atoms with E-state index < -0.39 is 5.92 Å². The molecule has 0 aliphatic rings. The molecule has 0 aliphatic carbocycles. The maximum Gasteiger partial charge on any atom is 0.234 e. The fraction of sp³-hybridized carbons (Fsp3) is 0.125. The van der Waals surface area contributed by atoms with Crippen LogP contribution in [-0.2, 0) is 4.79 Å². The minimum atomic E-state index is -0.709. The molecular formula is C16H17N3O2. The molecule has 108 valence electrons. The van der Waals surface area contributed by atoms with Gasteiger partial charge in [0.2, 0.25) is 5.91 Å². The molecule has 0 saturated carbocycles. The molecular weight excluding hydrogens is 266 g/mol. The predicted octanol–water partition coefficient (Wildman–Crippen LogP) is 2.67. The van der Waals surface area contributed by atoms with Crippen molar-refractivity contribution >= 4 is 17.4 Å². The summed E-state index contributed by atoms with van der Waals surface area (Å²) in [7, 11) is 0. The molecule has 0 radical (unpaired) electrons. The lowest BCUT2D eigenvalue weighted by atomic mass is 10.0. The molecule has 0 spiro atoms. The van der Waals surface area contributed by atoms with Crippen molar-refractivity contribution in [1.82, 2.24) is 0 Å². The molecule has 1 atom stereocenters. The van der Waals surface area contributed by atoms with E-state index >= 15 is 0 Å². The van der Waals surface area contributed by atoms with E-state index in [1.54, 1.807) is 6.92 Å². The Kier molecular flexibility index (Phi) is 4.56. The number of oxime groups is 1.